The van der Waals surface area contributed by atoms with E-state index in [1.807, 2.05) is 22.6 Å². The maximum absolute atomic E-state index is 13.1. The minimum atomic E-state index is -2.84. The van der Waals surface area contributed by atoms with Gasteiger partial charge in [0.25, 0.3) is 5.92 Å². The van der Waals surface area contributed by atoms with Gasteiger partial charge in [-0.15, -0.1) is 0 Å². The van der Waals surface area contributed by atoms with E-state index in [0.717, 1.165) is 6.92 Å². The van der Waals surface area contributed by atoms with E-state index in [0.29, 0.717) is 10.8 Å². The molecular formula is C8H11F2IO2. The Labute approximate surface area is 89.2 Å². The molecule has 2 nitrogen and oxygen atoms in total. The second kappa shape index (κ2) is 3.33. The standard InChI is InChI=1S/C8H11F2IO2/c1-5(12)13-7(2)6(3-4-11)8(7,9)10/h6H,3-4H2,1-2H3/t6-,7-/m1/s1. The number of carbonyl (C=O) groups excluding carboxylic acids is 1. The molecule has 0 aromatic carbocycles. The van der Waals surface area contributed by atoms with Crippen LogP contribution in [0, 0.1) is 5.92 Å². The van der Waals surface area contributed by atoms with E-state index in [2.05, 4.69) is 4.74 Å². The van der Waals surface area contributed by atoms with Gasteiger partial charge >= 0.3 is 5.97 Å². The van der Waals surface area contributed by atoms with E-state index >= 15 is 0 Å². The molecule has 5 heteroatoms. The Morgan fingerprint density at radius 2 is 2.15 bits per heavy atom. The van der Waals surface area contributed by atoms with Crippen molar-refractivity contribution in [1.82, 2.24) is 0 Å². The highest BCUT2D eigenvalue weighted by molar-refractivity contribution is 14.1. The van der Waals surface area contributed by atoms with Crippen molar-refractivity contribution < 1.29 is 18.3 Å². The van der Waals surface area contributed by atoms with Crippen molar-refractivity contribution in [2.45, 2.75) is 31.8 Å². The summed E-state index contributed by atoms with van der Waals surface area (Å²) in [5.41, 5.74) is -1.55. The monoisotopic (exact) mass is 304 g/mol. The Kier molecular flexibility index (Phi) is 2.85. The van der Waals surface area contributed by atoms with Crippen LogP contribution in [0.1, 0.15) is 20.3 Å². The van der Waals surface area contributed by atoms with Crippen molar-refractivity contribution in [3.63, 3.8) is 0 Å². The quantitative estimate of drug-likeness (QED) is 0.455. The molecular weight excluding hydrogens is 293 g/mol. The maximum atomic E-state index is 13.1. The van der Waals surface area contributed by atoms with Gasteiger partial charge in [-0.2, -0.15) is 0 Å². The van der Waals surface area contributed by atoms with E-state index < -0.39 is 23.4 Å². The molecule has 1 fully saturated rings. The fraction of sp³-hybridized carbons (Fsp3) is 0.875. The van der Waals surface area contributed by atoms with Crippen molar-refractivity contribution >= 4 is 28.6 Å². The van der Waals surface area contributed by atoms with Gasteiger partial charge in [0.05, 0.1) is 5.92 Å². The third-order valence-electron chi connectivity index (χ3n) is 2.43. The van der Waals surface area contributed by atoms with Gasteiger partial charge in [-0.1, -0.05) is 22.6 Å². The first-order valence-corrected chi connectivity index (χ1v) is 5.52. The molecule has 0 spiro atoms. The zero-order valence-electron chi connectivity index (χ0n) is 7.44. The molecule has 1 saturated carbocycles. The summed E-state index contributed by atoms with van der Waals surface area (Å²) < 4.78 is 31.5. The van der Waals surface area contributed by atoms with Crippen molar-refractivity contribution in [2.24, 2.45) is 5.92 Å². The Morgan fingerprint density at radius 1 is 1.62 bits per heavy atom. The summed E-state index contributed by atoms with van der Waals surface area (Å²) in [7, 11) is 0. The molecule has 0 N–H and O–H groups in total. The van der Waals surface area contributed by atoms with Crippen LogP contribution in [0.4, 0.5) is 8.78 Å². The summed E-state index contributed by atoms with van der Waals surface area (Å²) in [6.45, 7) is 2.45. The molecule has 0 radical (unpaired) electrons. The molecule has 1 aliphatic carbocycles. The Hall–Kier alpha value is 0.0600. The Balaban J connectivity index is 2.65. The number of halogens is 3. The second-order valence-corrected chi connectivity index (χ2v) is 4.43. The second-order valence-electron chi connectivity index (χ2n) is 3.35. The largest absolute Gasteiger partial charge is 0.453 e. The number of hydrogen-bond acceptors (Lipinski definition) is 2. The minimum absolute atomic E-state index is 0.386. The third kappa shape index (κ3) is 1.67. The number of alkyl halides is 3. The van der Waals surface area contributed by atoms with Crippen LogP contribution in [0.25, 0.3) is 0 Å². The van der Waals surface area contributed by atoms with Crippen LogP contribution >= 0.6 is 22.6 Å². The normalized spacial score (nSPS) is 35.6. The topological polar surface area (TPSA) is 26.3 Å². The molecule has 2 atom stereocenters. The molecule has 1 aliphatic rings. The summed E-state index contributed by atoms with van der Waals surface area (Å²) in [4.78, 5) is 10.6. The highest BCUT2D eigenvalue weighted by Gasteiger charge is 2.80. The average Bonchev–Trinajstić information content (AvgIpc) is 2.33. The first kappa shape index (κ1) is 11.1. The molecule has 0 saturated heterocycles. The van der Waals surface area contributed by atoms with Crippen LogP contribution in [0.15, 0.2) is 0 Å². The van der Waals surface area contributed by atoms with Crippen molar-refractivity contribution in [2.75, 3.05) is 4.43 Å². The highest BCUT2D eigenvalue weighted by Crippen LogP contribution is 2.62. The van der Waals surface area contributed by atoms with Crippen LogP contribution < -0.4 is 0 Å². The average molecular weight is 304 g/mol. The number of esters is 1. The lowest BCUT2D eigenvalue weighted by Gasteiger charge is -2.10. The zero-order valence-corrected chi connectivity index (χ0v) is 9.60. The molecule has 0 aliphatic heterocycles. The lowest BCUT2D eigenvalue weighted by molar-refractivity contribution is -0.153. The van der Waals surface area contributed by atoms with Gasteiger partial charge < -0.3 is 4.74 Å². The number of carbonyl (C=O) groups is 1. The van der Waals surface area contributed by atoms with Crippen LogP contribution in [-0.2, 0) is 9.53 Å². The number of hydrogen-bond donors (Lipinski definition) is 0. The van der Waals surface area contributed by atoms with Gasteiger partial charge in [-0.25, -0.2) is 8.78 Å². The molecule has 0 aromatic heterocycles. The van der Waals surface area contributed by atoms with Crippen molar-refractivity contribution in [3.05, 3.63) is 0 Å². The van der Waals surface area contributed by atoms with Crippen LogP contribution in [0.2, 0.25) is 0 Å². The lowest BCUT2D eigenvalue weighted by atomic mass is 10.2. The van der Waals surface area contributed by atoms with Crippen molar-refractivity contribution in [1.29, 1.82) is 0 Å². The van der Waals surface area contributed by atoms with Gasteiger partial charge in [0.2, 0.25) is 0 Å². The van der Waals surface area contributed by atoms with Crippen LogP contribution in [-0.4, -0.2) is 21.9 Å². The SMILES string of the molecule is CC(=O)O[C@]1(C)[C@@H](CCI)C1(F)F. The fourth-order valence-electron chi connectivity index (χ4n) is 1.59. The third-order valence-corrected chi connectivity index (χ3v) is 3.06. The first-order valence-electron chi connectivity index (χ1n) is 3.99. The smallest absolute Gasteiger partial charge is 0.303 e. The molecule has 76 valence electrons. The van der Waals surface area contributed by atoms with Crippen LogP contribution in [0.5, 0.6) is 0 Å². The van der Waals surface area contributed by atoms with E-state index in [4.69, 9.17) is 0 Å². The van der Waals surface area contributed by atoms with E-state index in [1.54, 1.807) is 0 Å². The highest BCUT2D eigenvalue weighted by atomic mass is 127. The van der Waals surface area contributed by atoms with Gasteiger partial charge in [0, 0.05) is 11.4 Å². The number of ether oxygens (including phenoxy) is 1. The predicted octanol–water partition coefficient (Wildman–Crippen LogP) is 2.40. The summed E-state index contributed by atoms with van der Waals surface area (Å²) in [5, 5.41) is 0. The molecule has 0 bridgehead atoms. The van der Waals surface area contributed by atoms with E-state index in [-0.39, 0.29) is 0 Å². The van der Waals surface area contributed by atoms with Gasteiger partial charge in [-0.05, 0) is 13.3 Å². The summed E-state index contributed by atoms with van der Waals surface area (Å²) in [6, 6.07) is 0. The summed E-state index contributed by atoms with van der Waals surface area (Å²) in [6.07, 6.45) is 0.386. The van der Waals surface area contributed by atoms with Crippen LogP contribution in [0.3, 0.4) is 0 Å². The van der Waals surface area contributed by atoms with Gasteiger partial charge in [0.1, 0.15) is 0 Å². The lowest BCUT2D eigenvalue weighted by Crippen LogP contribution is -2.21. The molecule has 0 heterocycles. The van der Waals surface area contributed by atoms with E-state index in [9.17, 15) is 13.6 Å². The minimum Gasteiger partial charge on any atom is -0.453 e. The zero-order chi connectivity index (χ0) is 10.3. The van der Waals surface area contributed by atoms with Crippen molar-refractivity contribution in [3.8, 4) is 0 Å². The molecule has 0 aromatic rings. The molecule has 13 heavy (non-hydrogen) atoms. The predicted molar refractivity (Wildman–Crippen MR) is 52.1 cm³/mol. The Bertz CT molecular complexity index is 232. The summed E-state index contributed by atoms with van der Waals surface area (Å²) in [5.74, 6) is -4.29. The molecule has 1 rings (SSSR count). The summed E-state index contributed by atoms with van der Waals surface area (Å²) >= 11 is 2.04. The molecule has 0 amide bonds. The van der Waals surface area contributed by atoms with Gasteiger partial charge in [-0.3, -0.25) is 4.79 Å². The first-order chi connectivity index (χ1) is 5.86. The maximum Gasteiger partial charge on any atom is 0.303 e. The Morgan fingerprint density at radius 3 is 2.54 bits per heavy atom. The molecule has 0 unspecified atom stereocenters. The van der Waals surface area contributed by atoms with Gasteiger partial charge in [0.15, 0.2) is 5.60 Å². The number of rotatable bonds is 3. The fourth-order valence-corrected chi connectivity index (χ4v) is 2.22. The van der Waals surface area contributed by atoms with E-state index in [1.165, 1.54) is 6.92 Å².